The lowest BCUT2D eigenvalue weighted by Gasteiger charge is -2.25. The minimum absolute atomic E-state index is 0.686. The van der Waals surface area contributed by atoms with Crippen LogP contribution in [0.1, 0.15) is 5.56 Å². The Morgan fingerprint density at radius 1 is 0.788 bits per heavy atom. The molecule has 0 saturated heterocycles. The molecule has 0 atom stereocenters. The molecular formula is C29H22N4. The van der Waals surface area contributed by atoms with E-state index in [-0.39, 0.29) is 0 Å². The van der Waals surface area contributed by atoms with Crippen molar-refractivity contribution >= 4 is 39.0 Å². The third kappa shape index (κ3) is 3.15. The Bertz CT molecular complexity index is 1560. The van der Waals surface area contributed by atoms with Gasteiger partial charge < -0.3 is 4.90 Å². The van der Waals surface area contributed by atoms with Crippen LogP contribution in [0.3, 0.4) is 0 Å². The van der Waals surface area contributed by atoms with E-state index in [1.807, 2.05) is 12.1 Å². The molecule has 3 aromatic carbocycles. The fraction of sp³-hybridized carbons (Fsp3) is 0.0345. The fourth-order valence-electron chi connectivity index (χ4n) is 4.60. The zero-order chi connectivity index (χ0) is 22.2. The Kier molecular flexibility index (Phi) is 4.62. The number of para-hydroxylation sites is 3. The summed E-state index contributed by atoms with van der Waals surface area (Å²) in [5.74, 6) is 0.887. The Morgan fingerprint density at radius 3 is 2.48 bits per heavy atom. The van der Waals surface area contributed by atoms with Crippen LogP contribution in [0.15, 0.2) is 116 Å². The second-order valence-electron chi connectivity index (χ2n) is 8.02. The van der Waals surface area contributed by atoms with Crippen LogP contribution in [0.25, 0.3) is 33.2 Å². The monoisotopic (exact) mass is 426 g/mol. The van der Waals surface area contributed by atoms with E-state index in [0.29, 0.717) is 6.54 Å². The summed E-state index contributed by atoms with van der Waals surface area (Å²) in [5, 5.41) is 2.17. The summed E-state index contributed by atoms with van der Waals surface area (Å²) in [6.07, 6.45) is 9.98. The van der Waals surface area contributed by atoms with Crippen LogP contribution in [-0.2, 0) is 0 Å². The summed E-state index contributed by atoms with van der Waals surface area (Å²) in [7, 11) is 0. The highest BCUT2D eigenvalue weighted by molar-refractivity contribution is 6.13. The van der Waals surface area contributed by atoms with Crippen molar-refractivity contribution < 1.29 is 0 Å². The van der Waals surface area contributed by atoms with Crippen LogP contribution in [0, 0.1) is 0 Å². The molecule has 0 unspecified atom stereocenters. The number of rotatable bonds is 2. The molecule has 3 heterocycles. The molecule has 6 rings (SSSR count). The van der Waals surface area contributed by atoms with Gasteiger partial charge in [0.05, 0.1) is 16.6 Å². The highest BCUT2D eigenvalue weighted by atomic mass is 15.2. The number of anilines is 2. The number of hydrogen-bond acceptors (Lipinski definition) is 3. The smallest absolute Gasteiger partial charge is 0.151 e. The molecule has 0 spiro atoms. The van der Waals surface area contributed by atoms with Crippen LogP contribution in [0.5, 0.6) is 0 Å². The average Bonchev–Trinajstić information content (AvgIpc) is 3.24. The largest absolute Gasteiger partial charge is 0.321 e. The van der Waals surface area contributed by atoms with Gasteiger partial charge >= 0.3 is 0 Å². The van der Waals surface area contributed by atoms with E-state index in [1.54, 1.807) is 6.33 Å². The molecule has 2 aromatic heterocycles. The maximum Gasteiger partial charge on any atom is 0.151 e. The SMILES string of the molecule is C=C1/C=C\C=C/CN(c2ncnc3c2c2ccccc2n3-c2ccccc2)c2ccccc21. The standard InChI is InChI=1S/C29H22N4/c1-21-12-4-3-11-19-32(25-17-9-7-15-23(21)25)28-27-24-16-8-10-18-26(24)33(29(27)31-20-30-28)22-13-5-2-6-14-22/h2-18,20H,1,19H2/b11-3-,12-4-. The molecule has 1 aliphatic rings. The molecule has 0 saturated carbocycles. The second-order valence-corrected chi connectivity index (χ2v) is 8.02. The van der Waals surface area contributed by atoms with Gasteiger partial charge in [-0.2, -0.15) is 0 Å². The molecule has 33 heavy (non-hydrogen) atoms. The summed E-state index contributed by atoms with van der Waals surface area (Å²) < 4.78 is 2.22. The third-order valence-electron chi connectivity index (χ3n) is 6.08. The van der Waals surface area contributed by atoms with Gasteiger partial charge in [0.25, 0.3) is 0 Å². The van der Waals surface area contributed by atoms with E-state index in [9.17, 15) is 0 Å². The number of fused-ring (bicyclic) bond motifs is 4. The van der Waals surface area contributed by atoms with Crippen molar-refractivity contribution in [3.8, 4) is 5.69 Å². The van der Waals surface area contributed by atoms with Crippen LogP contribution < -0.4 is 4.90 Å². The lowest BCUT2D eigenvalue weighted by atomic mass is 10.0. The minimum Gasteiger partial charge on any atom is -0.321 e. The molecule has 0 aliphatic carbocycles. The van der Waals surface area contributed by atoms with Crippen LogP contribution >= 0.6 is 0 Å². The molecule has 4 nitrogen and oxygen atoms in total. The summed E-state index contributed by atoms with van der Waals surface area (Å²) in [6.45, 7) is 4.98. The Balaban J connectivity index is 1.68. The number of aromatic nitrogens is 3. The zero-order valence-electron chi connectivity index (χ0n) is 18.1. The number of nitrogens with zero attached hydrogens (tertiary/aromatic N) is 4. The van der Waals surface area contributed by atoms with Crippen molar-refractivity contribution in [3.63, 3.8) is 0 Å². The second kappa shape index (κ2) is 7.92. The molecule has 0 amide bonds. The van der Waals surface area contributed by atoms with E-state index in [0.717, 1.165) is 50.3 Å². The number of hydrogen-bond donors (Lipinski definition) is 0. The highest BCUT2D eigenvalue weighted by Gasteiger charge is 2.22. The summed E-state index contributed by atoms with van der Waals surface area (Å²) in [4.78, 5) is 11.9. The predicted octanol–water partition coefficient (Wildman–Crippen LogP) is 6.85. The van der Waals surface area contributed by atoms with Gasteiger partial charge in [-0.1, -0.05) is 85.5 Å². The number of allylic oxidation sites excluding steroid dienone is 4. The third-order valence-corrected chi connectivity index (χ3v) is 6.08. The van der Waals surface area contributed by atoms with E-state index >= 15 is 0 Å². The first-order valence-electron chi connectivity index (χ1n) is 11.0. The van der Waals surface area contributed by atoms with E-state index in [2.05, 4.69) is 107 Å². The van der Waals surface area contributed by atoms with Gasteiger partial charge in [0.2, 0.25) is 0 Å². The molecule has 158 valence electrons. The maximum atomic E-state index is 4.83. The van der Waals surface area contributed by atoms with Crippen LogP contribution in [0.2, 0.25) is 0 Å². The maximum absolute atomic E-state index is 4.83. The Hall–Kier alpha value is -4.44. The van der Waals surface area contributed by atoms with E-state index < -0.39 is 0 Å². The lowest BCUT2D eigenvalue weighted by molar-refractivity contribution is 1.03. The van der Waals surface area contributed by atoms with E-state index in [1.165, 1.54) is 0 Å². The minimum atomic E-state index is 0.686. The van der Waals surface area contributed by atoms with Crippen molar-refractivity contribution in [2.24, 2.45) is 0 Å². The normalized spacial score (nSPS) is 15.6. The van der Waals surface area contributed by atoms with Gasteiger partial charge in [0.15, 0.2) is 5.65 Å². The first-order chi connectivity index (χ1) is 16.3. The Labute approximate surface area is 192 Å². The first-order valence-corrected chi connectivity index (χ1v) is 11.0. The molecule has 1 aliphatic heterocycles. The van der Waals surface area contributed by atoms with Crippen LogP contribution in [0.4, 0.5) is 11.5 Å². The summed E-state index contributed by atoms with van der Waals surface area (Å²) in [6, 6.07) is 27.2. The van der Waals surface area contributed by atoms with Gasteiger partial charge in [-0.05, 0) is 29.8 Å². The summed E-state index contributed by atoms with van der Waals surface area (Å²) >= 11 is 0. The predicted molar refractivity (Wildman–Crippen MR) is 137 cm³/mol. The molecule has 0 N–H and O–H groups in total. The molecule has 4 heteroatoms. The van der Waals surface area contributed by atoms with Crippen molar-refractivity contribution in [2.45, 2.75) is 0 Å². The Morgan fingerprint density at radius 2 is 1.58 bits per heavy atom. The summed E-state index contributed by atoms with van der Waals surface area (Å²) in [5.41, 5.74) is 6.23. The first kappa shape index (κ1) is 19.3. The lowest BCUT2D eigenvalue weighted by Crippen LogP contribution is -2.20. The van der Waals surface area contributed by atoms with Crippen molar-refractivity contribution in [3.05, 3.63) is 122 Å². The zero-order valence-corrected chi connectivity index (χ0v) is 18.1. The van der Waals surface area contributed by atoms with Gasteiger partial charge in [0, 0.05) is 23.2 Å². The van der Waals surface area contributed by atoms with E-state index in [4.69, 9.17) is 9.97 Å². The molecule has 0 radical (unpaired) electrons. The molecule has 5 aromatic rings. The fourth-order valence-corrected chi connectivity index (χ4v) is 4.60. The van der Waals surface area contributed by atoms with Crippen molar-refractivity contribution in [1.29, 1.82) is 0 Å². The van der Waals surface area contributed by atoms with Crippen molar-refractivity contribution in [1.82, 2.24) is 14.5 Å². The topological polar surface area (TPSA) is 34.0 Å². The average molecular weight is 427 g/mol. The quantitative estimate of drug-likeness (QED) is 0.309. The molecule has 0 bridgehead atoms. The van der Waals surface area contributed by atoms with Crippen molar-refractivity contribution in [2.75, 3.05) is 11.4 Å². The highest BCUT2D eigenvalue weighted by Crippen LogP contribution is 2.40. The molecular weight excluding hydrogens is 404 g/mol. The van der Waals surface area contributed by atoms with Gasteiger partial charge in [-0.25, -0.2) is 9.97 Å². The van der Waals surface area contributed by atoms with Crippen LogP contribution in [-0.4, -0.2) is 21.1 Å². The van der Waals surface area contributed by atoms with Gasteiger partial charge in [0.1, 0.15) is 12.1 Å². The van der Waals surface area contributed by atoms with Gasteiger partial charge in [-0.15, -0.1) is 0 Å². The number of benzene rings is 3. The van der Waals surface area contributed by atoms with Gasteiger partial charge in [-0.3, -0.25) is 4.57 Å². The molecule has 0 fully saturated rings.